The molecule has 8 nitrogen and oxygen atoms in total. The van der Waals surface area contributed by atoms with Crippen molar-refractivity contribution in [2.45, 2.75) is 0 Å². The molecular formula is C21H17ClN2O6. The Morgan fingerprint density at radius 2 is 2.00 bits per heavy atom. The van der Waals surface area contributed by atoms with Crippen molar-refractivity contribution >= 4 is 29.7 Å². The van der Waals surface area contributed by atoms with Crippen molar-refractivity contribution in [3.8, 4) is 17.2 Å². The topological polar surface area (TPSA) is 99.4 Å². The number of amides is 1. The van der Waals surface area contributed by atoms with Crippen LogP contribution >= 0.6 is 11.6 Å². The Bertz CT molecular complexity index is 1050. The highest BCUT2D eigenvalue weighted by Crippen LogP contribution is 2.28. The second-order valence-electron chi connectivity index (χ2n) is 5.82. The molecule has 30 heavy (non-hydrogen) atoms. The van der Waals surface area contributed by atoms with Crippen LogP contribution in [0.5, 0.6) is 17.2 Å². The Hall–Kier alpha value is -3.78. The molecule has 0 aliphatic carbocycles. The van der Waals surface area contributed by atoms with Crippen molar-refractivity contribution in [3.05, 3.63) is 77.2 Å². The average Bonchev–Trinajstić information content (AvgIpc) is 3.28. The number of methoxy groups -OCH3 is 1. The zero-order valence-electron chi connectivity index (χ0n) is 15.8. The summed E-state index contributed by atoms with van der Waals surface area (Å²) in [6, 6.07) is 14.6. The number of carbonyl (C=O) groups excluding carboxylic acids is 2. The molecule has 0 saturated heterocycles. The molecule has 1 heterocycles. The van der Waals surface area contributed by atoms with Crippen LogP contribution in [0.25, 0.3) is 0 Å². The molecule has 3 rings (SSSR count). The first-order valence-corrected chi connectivity index (χ1v) is 9.07. The molecule has 0 aliphatic rings. The van der Waals surface area contributed by atoms with Crippen LogP contribution in [-0.4, -0.2) is 31.8 Å². The van der Waals surface area contributed by atoms with E-state index in [0.29, 0.717) is 22.1 Å². The summed E-state index contributed by atoms with van der Waals surface area (Å²) in [7, 11) is 1.44. The fraction of sp³-hybridized carbons (Fsp3) is 0.0952. The molecule has 0 radical (unpaired) electrons. The number of hydrogen-bond acceptors (Lipinski definition) is 7. The number of hydrazone groups is 1. The van der Waals surface area contributed by atoms with Crippen LogP contribution in [0.1, 0.15) is 16.1 Å². The van der Waals surface area contributed by atoms with Gasteiger partial charge in [-0.05, 0) is 54.1 Å². The number of halogens is 1. The van der Waals surface area contributed by atoms with Crippen molar-refractivity contribution in [2.24, 2.45) is 5.10 Å². The first-order chi connectivity index (χ1) is 14.5. The van der Waals surface area contributed by atoms with E-state index in [1.807, 2.05) is 0 Å². The molecule has 3 aromatic rings. The second-order valence-corrected chi connectivity index (χ2v) is 6.25. The van der Waals surface area contributed by atoms with Gasteiger partial charge in [-0.1, -0.05) is 17.7 Å². The van der Waals surface area contributed by atoms with Crippen molar-refractivity contribution in [1.82, 2.24) is 5.43 Å². The van der Waals surface area contributed by atoms with Gasteiger partial charge in [0.2, 0.25) is 5.76 Å². The minimum absolute atomic E-state index is 0.0744. The quantitative estimate of drug-likeness (QED) is 0.254. The molecule has 1 aromatic heterocycles. The van der Waals surface area contributed by atoms with Crippen LogP contribution in [0.3, 0.4) is 0 Å². The molecule has 154 valence electrons. The predicted octanol–water partition coefficient (Wildman–Crippen LogP) is 3.69. The third-order valence-corrected chi connectivity index (χ3v) is 3.92. The van der Waals surface area contributed by atoms with Crippen LogP contribution in [0.2, 0.25) is 5.02 Å². The van der Waals surface area contributed by atoms with E-state index in [4.69, 9.17) is 30.2 Å². The summed E-state index contributed by atoms with van der Waals surface area (Å²) in [6.07, 6.45) is 2.79. The summed E-state index contributed by atoms with van der Waals surface area (Å²) in [5.74, 6) is -0.00481. The number of ether oxygens (including phenoxy) is 3. The maximum atomic E-state index is 12.0. The second kappa shape index (κ2) is 10.1. The third kappa shape index (κ3) is 5.86. The first-order valence-electron chi connectivity index (χ1n) is 8.69. The average molecular weight is 429 g/mol. The Kier molecular flexibility index (Phi) is 7.07. The zero-order valence-corrected chi connectivity index (χ0v) is 16.6. The van der Waals surface area contributed by atoms with Crippen LogP contribution in [-0.2, 0) is 4.79 Å². The zero-order chi connectivity index (χ0) is 21.3. The fourth-order valence-corrected chi connectivity index (χ4v) is 2.49. The number of nitrogens with zero attached hydrogens (tertiary/aromatic N) is 1. The molecule has 0 bridgehead atoms. The van der Waals surface area contributed by atoms with E-state index < -0.39 is 11.9 Å². The first kappa shape index (κ1) is 20.9. The molecule has 0 aliphatic heterocycles. The number of rotatable bonds is 8. The largest absolute Gasteiger partial charge is 0.493 e. The van der Waals surface area contributed by atoms with Crippen LogP contribution < -0.4 is 19.6 Å². The van der Waals surface area contributed by atoms with E-state index in [9.17, 15) is 9.59 Å². The Morgan fingerprint density at radius 1 is 1.13 bits per heavy atom. The summed E-state index contributed by atoms with van der Waals surface area (Å²) < 4.78 is 20.8. The van der Waals surface area contributed by atoms with E-state index in [0.717, 1.165) is 0 Å². The highest BCUT2D eigenvalue weighted by atomic mass is 35.5. The maximum absolute atomic E-state index is 12.0. The van der Waals surface area contributed by atoms with E-state index in [1.165, 1.54) is 25.7 Å². The SMILES string of the molecule is COc1cc(C=NNC(=O)COc2cccc(Cl)c2)ccc1OC(=O)c1ccco1. The molecule has 0 saturated carbocycles. The van der Waals surface area contributed by atoms with Gasteiger partial charge < -0.3 is 18.6 Å². The van der Waals surface area contributed by atoms with Crippen LogP contribution in [0, 0.1) is 0 Å². The normalized spacial score (nSPS) is 10.6. The highest BCUT2D eigenvalue weighted by Gasteiger charge is 2.14. The van der Waals surface area contributed by atoms with Crippen LogP contribution in [0.15, 0.2) is 70.4 Å². The minimum Gasteiger partial charge on any atom is -0.493 e. The standard InChI is InChI=1S/C21H17ClN2O6/c1-27-19-10-14(7-8-17(19)30-21(26)18-6-3-9-28-18)12-23-24-20(25)13-29-16-5-2-4-15(22)11-16/h2-12H,13H2,1H3,(H,24,25). The number of carbonyl (C=O) groups is 2. The lowest BCUT2D eigenvalue weighted by Gasteiger charge is -2.09. The molecular weight excluding hydrogens is 412 g/mol. The Labute approximate surface area is 177 Å². The van der Waals surface area contributed by atoms with Gasteiger partial charge in [0.15, 0.2) is 18.1 Å². The summed E-state index contributed by atoms with van der Waals surface area (Å²) in [6.45, 7) is -0.220. The molecule has 0 unspecified atom stereocenters. The molecule has 9 heteroatoms. The van der Waals surface area contributed by atoms with Gasteiger partial charge in [-0.2, -0.15) is 5.10 Å². The third-order valence-electron chi connectivity index (χ3n) is 3.68. The predicted molar refractivity (Wildman–Crippen MR) is 109 cm³/mol. The molecule has 0 atom stereocenters. The lowest BCUT2D eigenvalue weighted by Crippen LogP contribution is -2.24. The van der Waals surface area contributed by atoms with Crippen molar-refractivity contribution in [2.75, 3.05) is 13.7 Å². The summed E-state index contributed by atoms with van der Waals surface area (Å²) >= 11 is 5.85. The lowest BCUT2D eigenvalue weighted by molar-refractivity contribution is -0.123. The molecule has 1 N–H and O–H groups in total. The van der Waals surface area contributed by atoms with Gasteiger partial charge in [0.1, 0.15) is 5.75 Å². The molecule has 0 fully saturated rings. The van der Waals surface area contributed by atoms with E-state index >= 15 is 0 Å². The Morgan fingerprint density at radius 3 is 2.73 bits per heavy atom. The van der Waals surface area contributed by atoms with Gasteiger partial charge in [0.25, 0.3) is 5.91 Å². The highest BCUT2D eigenvalue weighted by molar-refractivity contribution is 6.30. The smallest absolute Gasteiger partial charge is 0.379 e. The van der Waals surface area contributed by atoms with Crippen molar-refractivity contribution in [3.63, 3.8) is 0 Å². The maximum Gasteiger partial charge on any atom is 0.379 e. The minimum atomic E-state index is -0.647. The summed E-state index contributed by atoms with van der Waals surface area (Å²) in [4.78, 5) is 23.8. The van der Waals surface area contributed by atoms with Crippen LogP contribution in [0.4, 0.5) is 0 Å². The van der Waals surface area contributed by atoms with E-state index in [1.54, 1.807) is 48.5 Å². The van der Waals surface area contributed by atoms with Gasteiger partial charge >= 0.3 is 5.97 Å². The molecule has 0 spiro atoms. The van der Waals surface area contributed by atoms with Crippen molar-refractivity contribution in [1.29, 1.82) is 0 Å². The van der Waals surface area contributed by atoms with Gasteiger partial charge in [-0.25, -0.2) is 10.2 Å². The molecule has 1 amide bonds. The number of furan rings is 1. The van der Waals surface area contributed by atoms with E-state index in [-0.39, 0.29) is 18.1 Å². The number of nitrogens with one attached hydrogen (secondary N) is 1. The fourth-order valence-electron chi connectivity index (χ4n) is 2.31. The lowest BCUT2D eigenvalue weighted by atomic mass is 10.2. The van der Waals surface area contributed by atoms with Gasteiger partial charge in [-0.15, -0.1) is 0 Å². The summed E-state index contributed by atoms with van der Waals surface area (Å²) in [5.41, 5.74) is 2.96. The summed E-state index contributed by atoms with van der Waals surface area (Å²) in [5, 5.41) is 4.38. The number of esters is 1. The Balaban J connectivity index is 1.54. The monoisotopic (exact) mass is 428 g/mol. The molecule has 2 aromatic carbocycles. The van der Waals surface area contributed by atoms with Gasteiger partial charge in [-0.3, -0.25) is 4.79 Å². The van der Waals surface area contributed by atoms with Gasteiger partial charge in [0, 0.05) is 5.02 Å². The number of benzene rings is 2. The van der Waals surface area contributed by atoms with Crippen molar-refractivity contribution < 1.29 is 28.2 Å². The number of hydrogen-bond donors (Lipinski definition) is 1. The van der Waals surface area contributed by atoms with E-state index in [2.05, 4.69) is 10.5 Å². The van der Waals surface area contributed by atoms with Gasteiger partial charge in [0.05, 0.1) is 19.6 Å².